The first-order chi connectivity index (χ1) is 10.4. The number of halogens is 1. The van der Waals surface area contributed by atoms with E-state index in [1.807, 2.05) is 11.8 Å². The van der Waals surface area contributed by atoms with Crippen molar-refractivity contribution in [1.82, 2.24) is 10.2 Å². The number of aromatic hydroxyl groups is 1. The monoisotopic (exact) mass is 382 g/mol. The van der Waals surface area contributed by atoms with Crippen LogP contribution >= 0.6 is 28.1 Å². The Morgan fingerprint density at radius 1 is 1.50 bits per heavy atom. The maximum Gasteiger partial charge on any atom is 0.173 e. The molecule has 0 amide bonds. The van der Waals surface area contributed by atoms with Gasteiger partial charge in [-0.2, -0.15) is 0 Å². The number of Topliss-reactive ketones (excluding diaryl/α,β-unsaturated/α-hetero) is 1. The molecule has 2 N–H and O–H groups in total. The van der Waals surface area contributed by atoms with Gasteiger partial charge in [0, 0.05) is 17.8 Å². The number of nitrogens with zero attached hydrogens (tertiary/aromatic N) is 1. The Morgan fingerprint density at radius 2 is 2.18 bits per heavy atom. The molecule has 0 aromatic heterocycles. The lowest BCUT2D eigenvalue weighted by Gasteiger charge is -2.37. The molecule has 0 spiro atoms. The quantitative estimate of drug-likeness (QED) is 0.778. The number of rotatable bonds is 4. The Hall–Kier alpha value is -1.40. The van der Waals surface area contributed by atoms with Gasteiger partial charge in [-0.3, -0.25) is 4.79 Å². The highest BCUT2D eigenvalue weighted by Gasteiger charge is 2.31. The second-order valence-electron chi connectivity index (χ2n) is 5.30. The third kappa shape index (κ3) is 3.17. The summed E-state index contributed by atoms with van der Waals surface area (Å²) >= 11 is 8.77. The van der Waals surface area contributed by atoms with E-state index in [-0.39, 0.29) is 17.6 Å². The van der Waals surface area contributed by atoms with Crippen molar-refractivity contribution in [2.75, 3.05) is 6.54 Å². The normalized spacial score (nSPS) is 18.5. The number of carbonyl (C=O) groups is 1. The van der Waals surface area contributed by atoms with E-state index in [1.54, 1.807) is 25.1 Å². The van der Waals surface area contributed by atoms with Crippen molar-refractivity contribution in [1.29, 1.82) is 0 Å². The van der Waals surface area contributed by atoms with Gasteiger partial charge in [-0.05, 0) is 66.1 Å². The number of benzene rings is 1. The maximum absolute atomic E-state index is 12.2. The summed E-state index contributed by atoms with van der Waals surface area (Å²) in [5.41, 5.74) is 2.49. The van der Waals surface area contributed by atoms with Crippen LogP contribution in [0, 0.1) is 0 Å². The number of carbonyl (C=O) groups excluding carboxylic acids is 1. The lowest BCUT2D eigenvalue weighted by molar-refractivity contribution is -0.114. The van der Waals surface area contributed by atoms with Crippen LogP contribution in [0.2, 0.25) is 0 Å². The van der Waals surface area contributed by atoms with Crippen LogP contribution in [0.3, 0.4) is 0 Å². The first kappa shape index (κ1) is 17.0. The van der Waals surface area contributed by atoms with Crippen LogP contribution in [0.1, 0.15) is 38.8 Å². The minimum Gasteiger partial charge on any atom is -0.507 e. The second-order valence-corrected chi connectivity index (χ2v) is 6.54. The molecule has 1 unspecified atom stereocenters. The van der Waals surface area contributed by atoms with E-state index in [4.69, 9.17) is 12.2 Å². The summed E-state index contributed by atoms with van der Waals surface area (Å²) in [5.74, 6) is 0.183. The van der Waals surface area contributed by atoms with Crippen molar-refractivity contribution in [3.8, 4) is 5.75 Å². The zero-order valence-electron chi connectivity index (χ0n) is 12.8. The number of allylic oxidation sites excluding steroid dienone is 1. The maximum atomic E-state index is 12.2. The molecule has 22 heavy (non-hydrogen) atoms. The predicted octanol–water partition coefficient (Wildman–Crippen LogP) is 3.66. The molecule has 0 saturated carbocycles. The van der Waals surface area contributed by atoms with Crippen LogP contribution in [0.25, 0.3) is 0 Å². The van der Waals surface area contributed by atoms with E-state index in [1.165, 1.54) is 0 Å². The molecule has 1 heterocycles. The summed E-state index contributed by atoms with van der Waals surface area (Å²) in [6.45, 7) is 6.36. The van der Waals surface area contributed by atoms with E-state index >= 15 is 0 Å². The van der Waals surface area contributed by atoms with Gasteiger partial charge in [0.2, 0.25) is 0 Å². The largest absolute Gasteiger partial charge is 0.507 e. The minimum atomic E-state index is -0.296. The van der Waals surface area contributed by atoms with Crippen LogP contribution in [0.5, 0.6) is 5.75 Å². The third-order valence-corrected chi connectivity index (χ3v) is 4.70. The van der Waals surface area contributed by atoms with E-state index in [2.05, 4.69) is 28.2 Å². The van der Waals surface area contributed by atoms with Crippen LogP contribution < -0.4 is 5.32 Å². The molecular weight excluding hydrogens is 364 g/mol. The van der Waals surface area contributed by atoms with Crippen molar-refractivity contribution < 1.29 is 9.90 Å². The van der Waals surface area contributed by atoms with E-state index < -0.39 is 0 Å². The predicted molar refractivity (Wildman–Crippen MR) is 94.7 cm³/mol. The first-order valence-corrected chi connectivity index (χ1v) is 8.35. The van der Waals surface area contributed by atoms with Crippen LogP contribution in [0.15, 0.2) is 33.9 Å². The molecule has 0 bridgehead atoms. The summed E-state index contributed by atoms with van der Waals surface area (Å²) < 4.78 is 0.592. The highest BCUT2D eigenvalue weighted by molar-refractivity contribution is 9.10. The van der Waals surface area contributed by atoms with Gasteiger partial charge in [0.05, 0.1) is 10.5 Å². The second kappa shape index (κ2) is 6.79. The molecule has 1 aromatic rings. The van der Waals surface area contributed by atoms with Crippen molar-refractivity contribution in [3.63, 3.8) is 0 Å². The number of hydrogen-bond acceptors (Lipinski definition) is 3. The molecule has 1 aromatic carbocycles. The van der Waals surface area contributed by atoms with E-state index in [0.29, 0.717) is 15.2 Å². The molecule has 1 aliphatic rings. The van der Waals surface area contributed by atoms with Crippen molar-refractivity contribution in [2.24, 2.45) is 0 Å². The fraction of sp³-hybridized carbons (Fsp3) is 0.375. The van der Waals surface area contributed by atoms with Crippen LogP contribution in [0.4, 0.5) is 0 Å². The first-order valence-electron chi connectivity index (χ1n) is 7.15. The van der Waals surface area contributed by atoms with Crippen molar-refractivity contribution in [2.45, 2.75) is 33.2 Å². The van der Waals surface area contributed by atoms with Crippen molar-refractivity contribution in [3.05, 3.63) is 39.5 Å². The zero-order valence-corrected chi connectivity index (χ0v) is 15.2. The van der Waals surface area contributed by atoms with Gasteiger partial charge in [-0.15, -0.1) is 0 Å². The van der Waals surface area contributed by atoms with Gasteiger partial charge in [0.15, 0.2) is 10.9 Å². The zero-order chi connectivity index (χ0) is 16.4. The van der Waals surface area contributed by atoms with Gasteiger partial charge >= 0.3 is 0 Å². The number of hydrogen-bond donors (Lipinski definition) is 2. The highest BCUT2D eigenvalue weighted by Crippen LogP contribution is 2.34. The Balaban J connectivity index is 2.52. The van der Waals surface area contributed by atoms with Gasteiger partial charge in [-0.1, -0.05) is 13.0 Å². The standard InChI is InChI=1S/C16H19BrN2O2S/c1-4-7-19-9(2)14(10(3)20)15(18-16(19)22)11-5-6-13(21)12(17)8-11/h5-6,8,15,21H,4,7H2,1-3H3,(H,18,22). The number of nitrogens with one attached hydrogen (secondary N) is 1. The van der Waals surface area contributed by atoms with Gasteiger partial charge < -0.3 is 15.3 Å². The van der Waals surface area contributed by atoms with E-state index in [0.717, 1.165) is 24.2 Å². The van der Waals surface area contributed by atoms with Crippen LogP contribution in [-0.2, 0) is 4.79 Å². The molecule has 0 radical (unpaired) electrons. The smallest absolute Gasteiger partial charge is 0.173 e. The summed E-state index contributed by atoms with van der Waals surface area (Å²) in [6, 6.07) is 4.92. The topological polar surface area (TPSA) is 52.6 Å². The van der Waals surface area contributed by atoms with Crippen molar-refractivity contribution >= 4 is 39.0 Å². The average Bonchev–Trinajstić information content (AvgIpc) is 2.45. The SMILES string of the molecule is CCCN1C(=S)NC(c2ccc(O)c(Br)c2)C(C(C)=O)=C1C. The van der Waals surface area contributed by atoms with Gasteiger partial charge in [0.1, 0.15) is 5.75 Å². The third-order valence-electron chi connectivity index (χ3n) is 3.73. The molecule has 0 saturated heterocycles. The number of thiocarbonyl (C=S) groups is 1. The summed E-state index contributed by atoms with van der Waals surface area (Å²) in [5, 5.41) is 13.5. The fourth-order valence-corrected chi connectivity index (χ4v) is 3.43. The lowest BCUT2D eigenvalue weighted by atomic mass is 9.92. The highest BCUT2D eigenvalue weighted by atomic mass is 79.9. The Bertz CT molecular complexity index is 658. The Labute approximate surface area is 144 Å². The Kier molecular flexibility index (Phi) is 5.24. The molecule has 0 fully saturated rings. The molecule has 1 atom stereocenters. The molecule has 1 aliphatic heterocycles. The molecule has 6 heteroatoms. The molecule has 0 aliphatic carbocycles. The fourth-order valence-electron chi connectivity index (χ4n) is 2.68. The van der Waals surface area contributed by atoms with Crippen LogP contribution in [-0.4, -0.2) is 27.4 Å². The summed E-state index contributed by atoms with van der Waals surface area (Å²) in [4.78, 5) is 14.1. The number of phenols is 1. The number of ketones is 1. The average molecular weight is 383 g/mol. The minimum absolute atomic E-state index is 0.0165. The molecule has 4 nitrogen and oxygen atoms in total. The van der Waals surface area contributed by atoms with E-state index in [9.17, 15) is 9.90 Å². The molecular formula is C16H19BrN2O2S. The summed E-state index contributed by atoms with van der Waals surface area (Å²) in [7, 11) is 0. The Morgan fingerprint density at radius 3 is 2.73 bits per heavy atom. The number of phenolic OH excluding ortho intramolecular Hbond substituents is 1. The molecule has 2 rings (SSSR count). The molecule has 118 valence electrons. The van der Waals surface area contributed by atoms with Gasteiger partial charge in [0.25, 0.3) is 0 Å². The van der Waals surface area contributed by atoms with Gasteiger partial charge in [-0.25, -0.2) is 0 Å². The summed E-state index contributed by atoms with van der Waals surface area (Å²) in [6.07, 6.45) is 0.944. The lowest BCUT2D eigenvalue weighted by Crippen LogP contribution is -2.47.